The van der Waals surface area contributed by atoms with Crippen LogP contribution in [0.3, 0.4) is 0 Å². The van der Waals surface area contributed by atoms with Gasteiger partial charge in [0.2, 0.25) is 47.3 Å². The van der Waals surface area contributed by atoms with Crippen LogP contribution in [0, 0.1) is 0 Å². The molecule has 0 aliphatic heterocycles. The standard InChI is InChI=1S/C40H78N22O10/c1-21(42)30(65)56-20-29(64)57-22(9-4-16-52-37(44)45)31(66)59-24(10-5-17-53-38(46)47)33(68)58-23(8-2-3-15-41)32(67)60-25(11-6-18-54-39(48)49)34(69)61-26(12-7-19-55-40(50)51)35(70)62-27(36(71)72)13-14-28(43)63/h21-27H,2-20,41-42H2,1H3,(H2,43,63)(H,56,65)(H,57,64)(H,58,68)(H,59,66)(H,60,67)(H,61,69)(H,62,70)(H,71,72)(H4,44,45,52)(H4,46,47,53)(H4,48,49,54)(H4,50,51,55)/t21-,22-,23-,24-,25-,26-,27-/m0/s1. The van der Waals surface area contributed by atoms with Crippen LogP contribution >= 0.6 is 0 Å². The molecule has 408 valence electrons. The van der Waals surface area contributed by atoms with E-state index < -0.39 is 102 Å². The monoisotopic (exact) mass is 1030 g/mol. The molecule has 7 atom stereocenters. The molecular weight excluding hydrogens is 949 g/mol. The number of hydrogen-bond acceptors (Lipinski definition) is 15. The Morgan fingerprint density at radius 3 is 1.01 bits per heavy atom. The van der Waals surface area contributed by atoms with Gasteiger partial charge in [-0.3, -0.25) is 58.3 Å². The molecule has 30 N–H and O–H groups in total. The van der Waals surface area contributed by atoms with Gasteiger partial charge in [0.1, 0.15) is 36.3 Å². The summed E-state index contributed by atoms with van der Waals surface area (Å²) in [6.07, 6.45) is 0.0279. The number of rotatable bonds is 38. The molecule has 32 nitrogen and oxygen atoms in total. The molecule has 0 aromatic heterocycles. The van der Waals surface area contributed by atoms with Gasteiger partial charge in [0.05, 0.1) is 12.6 Å². The highest BCUT2D eigenvalue weighted by atomic mass is 16.4. The van der Waals surface area contributed by atoms with Gasteiger partial charge in [-0.05, 0) is 90.5 Å². The van der Waals surface area contributed by atoms with Crippen LogP contribution in [0.5, 0.6) is 0 Å². The highest BCUT2D eigenvalue weighted by Gasteiger charge is 2.33. The summed E-state index contributed by atoms with van der Waals surface area (Å²) in [5.74, 6) is -9.12. The number of primary amides is 1. The van der Waals surface area contributed by atoms with Gasteiger partial charge in [0.25, 0.3) is 0 Å². The van der Waals surface area contributed by atoms with Gasteiger partial charge in [0.15, 0.2) is 23.8 Å². The van der Waals surface area contributed by atoms with Gasteiger partial charge in [-0.15, -0.1) is 0 Å². The van der Waals surface area contributed by atoms with E-state index in [4.69, 9.17) is 63.1 Å². The van der Waals surface area contributed by atoms with Gasteiger partial charge in [0, 0.05) is 32.6 Å². The molecule has 0 spiro atoms. The molecule has 0 aromatic rings. The Bertz CT molecular complexity index is 1900. The molecule has 0 rings (SSSR count). The van der Waals surface area contributed by atoms with E-state index in [1.54, 1.807) is 0 Å². The minimum absolute atomic E-state index is 0.000257. The summed E-state index contributed by atoms with van der Waals surface area (Å²) in [5.41, 5.74) is 60.1. The topological polar surface area (TPSA) is 594 Å². The molecule has 8 amide bonds. The van der Waals surface area contributed by atoms with Crippen LogP contribution < -0.4 is 100 Å². The van der Waals surface area contributed by atoms with E-state index in [0.717, 1.165) is 0 Å². The van der Waals surface area contributed by atoms with Crippen molar-refractivity contribution in [2.75, 3.05) is 39.3 Å². The van der Waals surface area contributed by atoms with Gasteiger partial charge in [-0.1, -0.05) is 0 Å². The van der Waals surface area contributed by atoms with Crippen LogP contribution in [0.1, 0.15) is 90.4 Å². The van der Waals surface area contributed by atoms with Crippen LogP contribution in [0.4, 0.5) is 0 Å². The molecule has 0 unspecified atom stereocenters. The van der Waals surface area contributed by atoms with Crippen LogP contribution in [0.2, 0.25) is 0 Å². The van der Waals surface area contributed by atoms with Crippen molar-refractivity contribution in [2.45, 2.75) is 133 Å². The number of amides is 8. The molecule has 0 heterocycles. The maximum Gasteiger partial charge on any atom is 0.326 e. The second kappa shape index (κ2) is 36.2. The number of nitrogens with two attached hydrogens (primary N) is 11. The summed E-state index contributed by atoms with van der Waals surface area (Å²) in [5, 5.41) is 27.3. The molecule has 72 heavy (non-hydrogen) atoms. The average molecular weight is 1030 g/mol. The SMILES string of the molecule is C[C@H](N)C(=O)NCC(=O)N[C@@H](CCCN=C(N)N)C(=O)N[C@@H](CCCN=C(N)N)C(=O)N[C@@H](CCCCN)C(=O)N[C@@H](CCCN=C(N)N)C(=O)N[C@@H](CCCN=C(N)N)C(=O)N[C@@H](CCC(N)=O)C(=O)O. The van der Waals surface area contributed by atoms with Crippen LogP contribution in [-0.2, 0) is 43.2 Å². The first kappa shape index (κ1) is 64.2. The Labute approximate surface area is 416 Å². The summed E-state index contributed by atoms with van der Waals surface area (Å²) in [6, 6.07) is -9.43. The fraction of sp³-hybridized carbons (Fsp3) is 0.675. The number of carbonyl (C=O) groups excluding carboxylic acids is 8. The smallest absolute Gasteiger partial charge is 0.326 e. The van der Waals surface area contributed by atoms with Gasteiger partial charge >= 0.3 is 5.97 Å². The Hall–Kier alpha value is -7.77. The lowest BCUT2D eigenvalue weighted by molar-refractivity contribution is -0.142. The Kier molecular flexibility index (Phi) is 32.3. The molecule has 0 bridgehead atoms. The minimum Gasteiger partial charge on any atom is -0.480 e. The zero-order chi connectivity index (χ0) is 54.8. The predicted octanol–water partition coefficient (Wildman–Crippen LogP) is -8.95. The highest BCUT2D eigenvalue weighted by molar-refractivity contribution is 5.97. The first-order valence-corrected chi connectivity index (χ1v) is 23.1. The number of carboxylic acids is 1. The normalized spacial score (nSPS) is 13.5. The maximum atomic E-state index is 14.3. The number of nitrogens with zero attached hydrogens (tertiary/aromatic N) is 4. The van der Waals surface area contributed by atoms with Crippen molar-refractivity contribution in [1.29, 1.82) is 0 Å². The molecule has 0 saturated carbocycles. The van der Waals surface area contributed by atoms with E-state index in [1.807, 2.05) is 0 Å². The Morgan fingerprint density at radius 1 is 0.431 bits per heavy atom. The molecular formula is C40H78N22O10. The van der Waals surface area contributed by atoms with E-state index in [0.29, 0.717) is 12.8 Å². The van der Waals surface area contributed by atoms with Crippen LogP contribution in [0.25, 0.3) is 0 Å². The van der Waals surface area contributed by atoms with E-state index >= 15 is 0 Å². The molecule has 0 saturated heterocycles. The molecule has 0 aliphatic rings. The number of carbonyl (C=O) groups is 9. The number of carboxylic acid groups (broad SMARTS) is 1. The maximum absolute atomic E-state index is 14.3. The molecule has 0 aliphatic carbocycles. The first-order chi connectivity index (χ1) is 33.9. The van der Waals surface area contributed by atoms with E-state index in [9.17, 15) is 48.3 Å². The molecule has 0 radical (unpaired) electrons. The third-order valence-electron chi connectivity index (χ3n) is 10.0. The Balaban J connectivity index is 6.97. The van der Waals surface area contributed by atoms with Crippen molar-refractivity contribution in [3.63, 3.8) is 0 Å². The average Bonchev–Trinajstić information content (AvgIpc) is 3.29. The molecule has 32 heteroatoms. The molecule has 0 fully saturated rings. The number of aliphatic carboxylic acids is 1. The van der Waals surface area contributed by atoms with Crippen molar-refractivity contribution in [2.24, 2.45) is 83.0 Å². The van der Waals surface area contributed by atoms with E-state index in [-0.39, 0.29) is 127 Å². The fourth-order valence-electron chi connectivity index (χ4n) is 6.33. The second-order valence-corrected chi connectivity index (χ2v) is 16.4. The summed E-state index contributed by atoms with van der Waals surface area (Å²) in [7, 11) is 0. The summed E-state index contributed by atoms with van der Waals surface area (Å²) in [6.45, 7) is 1.18. The zero-order valence-electron chi connectivity index (χ0n) is 40.7. The third-order valence-corrected chi connectivity index (χ3v) is 10.0. The van der Waals surface area contributed by atoms with Crippen molar-refractivity contribution < 1.29 is 48.3 Å². The lowest BCUT2D eigenvalue weighted by atomic mass is 10.0. The summed E-state index contributed by atoms with van der Waals surface area (Å²) in [4.78, 5) is 134. The number of guanidine groups is 4. The number of hydrogen-bond donors (Lipinski definition) is 19. The largest absolute Gasteiger partial charge is 0.480 e. The lowest BCUT2D eigenvalue weighted by Crippen LogP contribution is -2.59. The van der Waals surface area contributed by atoms with Gasteiger partial charge in [-0.25, -0.2) is 4.79 Å². The summed E-state index contributed by atoms with van der Waals surface area (Å²) >= 11 is 0. The van der Waals surface area contributed by atoms with E-state index in [1.165, 1.54) is 6.92 Å². The van der Waals surface area contributed by atoms with Gasteiger partial charge < -0.3 is 105 Å². The quantitative estimate of drug-likeness (QED) is 0.0155. The minimum atomic E-state index is -1.57. The zero-order valence-corrected chi connectivity index (χ0v) is 40.7. The van der Waals surface area contributed by atoms with Crippen molar-refractivity contribution >= 4 is 77.1 Å². The summed E-state index contributed by atoms with van der Waals surface area (Å²) < 4.78 is 0. The van der Waals surface area contributed by atoms with Crippen molar-refractivity contribution in [1.82, 2.24) is 37.2 Å². The van der Waals surface area contributed by atoms with Gasteiger partial charge in [-0.2, -0.15) is 0 Å². The highest BCUT2D eigenvalue weighted by Crippen LogP contribution is 2.10. The Morgan fingerprint density at radius 2 is 0.736 bits per heavy atom. The number of nitrogens with one attached hydrogen (secondary N) is 7. The molecule has 0 aromatic carbocycles. The van der Waals surface area contributed by atoms with Crippen LogP contribution in [-0.4, -0.2) is 164 Å². The van der Waals surface area contributed by atoms with E-state index in [2.05, 4.69) is 57.2 Å². The lowest BCUT2D eigenvalue weighted by Gasteiger charge is -2.27. The second-order valence-electron chi connectivity index (χ2n) is 16.4. The number of unbranched alkanes of at least 4 members (excludes halogenated alkanes) is 1. The van der Waals surface area contributed by atoms with Crippen molar-refractivity contribution in [3.05, 3.63) is 0 Å². The van der Waals surface area contributed by atoms with Crippen molar-refractivity contribution in [3.8, 4) is 0 Å². The predicted molar refractivity (Wildman–Crippen MR) is 267 cm³/mol. The van der Waals surface area contributed by atoms with Crippen LogP contribution in [0.15, 0.2) is 20.0 Å². The number of aliphatic imine (C=N–C) groups is 4. The first-order valence-electron chi connectivity index (χ1n) is 23.1. The fourth-order valence-corrected chi connectivity index (χ4v) is 6.33. The third kappa shape index (κ3) is 30.7.